The summed E-state index contributed by atoms with van der Waals surface area (Å²) >= 11 is 0. The van der Waals surface area contributed by atoms with Crippen LogP contribution in [0, 0.1) is 28.9 Å². The predicted molar refractivity (Wildman–Crippen MR) is 141 cm³/mol. The number of carbonyl (C=O) groups is 2. The van der Waals surface area contributed by atoms with Crippen molar-refractivity contribution in [2.45, 2.75) is 26.3 Å². The molecule has 0 saturated heterocycles. The zero-order chi connectivity index (χ0) is 26.7. The normalized spacial score (nSPS) is 14.8. The van der Waals surface area contributed by atoms with Crippen molar-refractivity contribution in [2.24, 2.45) is 11.1 Å². The van der Waals surface area contributed by atoms with E-state index in [4.69, 9.17) is 10.5 Å². The lowest BCUT2D eigenvalue weighted by Gasteiger charge is -2.20. The van der Waals surface area contributed by atoms with Gasteiger partial charge in [0.1, 0.15) is 30.0 Å². The first-order valence-corrected chi connectivity index (χ1v) is 11.6. The molecule has 11 heteroatoms. The molecular weight excluding hydrogens is 516 g/mol. The fraction of sp³-hybridized carbons (Fsp3) is 0.296. The minimum Gasteiger partial charge on any atom is -0.489 e. The van der Waals surface area contributed by atoms with Crippen molar-refractivity contribution in [1.29, 1.82) is 0 Å². The van der Waals surface area contributed by atoms with Crippen LogP contribution < -0.4 is 20.7 Å². The molecule has 0 spiro atoms. The SMILES string of the molecule is CN1C(=O)[C@@H](NC(=O)n2cc(Cc3ccc(F)cc3F)cn2)COc2ccc(C#CC(C)(C)CN)cc21.Cl. The van der Waals surface area contributed by atoms with E-state index in [2.05, 4.69) is 22.3 Å². The second kappa shape index (κ2) is 11.6. The smallest absolute Gasteiger partial charge is 0.342 e. The van der Waals surface area contributed by atoms with Crippen LogP contribution in [0.25, 0.3) is 0 Å². The van der Waals surface area contributed by atoms with Gasteiger partial charge in [-0.2, -0.15) is 9.78 Å². The molecule has 2 heterocycles. The number of nitrogens with one attached hydrogen (secondary N) is 1. The largest absolute Gasteiger partial charge is 0.489 e. The minimum absolute atomic E-state index is 0. The van der Waals surface area contributed by atoms with E-state index >= 15 is 0 Å². The Morgan fingerprint density at radius 3 is 2.74 bits per heavy atom. The van der Waals surface area contributed by atoms with Gasteiger partial charge < -0.3 is 20.7 Å². The Balaban J connectivity index is 0.00000400. The molecule has 0 radical (unpaired) electrons. The molecule has 0 fully saturated rings. The number of fused-ring (bicyclic) bond motifs is 1. The third kappa shape index (κ3) is 6.49. The van der Waals surface area contributed by atoms with Crippen molar-refractivity contribution in [3.8, 4) is 17.6 Å². The summed E-state index contributed by atoms with van der Waals surface area (Å²) in [5.41, 5.74) is 7.44. The highest BCUT2D eigenvalue weighted by atomic mass is 35.5. The quantitative estimate of drug-likeness (QED) is 0.490. The summed E-state index contributed by atoms with van der Waals surface area (Å²) in [6.45, 7) is 4.22. The van der Waals surface area contributed by atoms with Gasteiger partial charge in [-0.3, -0.25) is 4.79 Å². The second-order valence-electron chi connectivity index (χ2n) is 9.44. The van der Waals surface area contributed by atoms with E-state index in [0.717, 1.165) is 16.8 Å². The summed E-state index contributed by atoms with van der Waals surface area (Å²) in [5, 5.41) is 6.64. The molecule has 1 aliphatic rings. The molecule has 3 N–H and O–H groups in total. The monoisotopic (exact) mass is 543 g/mol. The predicted octanol–water partition coefficient (Wildman–Crippen LogP) is 3.49. The van der Waals surface area contributed by atoms with Crippen LogP contribution in [0.1, 0.15) is 30.5 Å². The Labute approximate surface area is 225 Å². The summed E-state index contributed by atoms with van der Waals surface area (Å²) < 4.78 is 33.9. The molecule has 38 heavy (non-hydrogen) atoms. The van der Waals surface area contributed by atoms with Crippen LogP contribution >= 0.6 is 12.4 Å². The number of nitrogens with zero attached hydrogens (tertiary/aromatic N) is 3. The Kier molecular flexibility index (Phi) is 8.76. The maximum Gasteiger partial charge on any atom is 0.342 e. The molecule has 2 amide bonds. The minimum atomic E-state index is -0.974. The Hall–Kier alpha value is -3.94. The number of amides is 2. The zero-order valence-corrected chi connectivity index (χ0v) is 21.9. The molecule has 0 unspecified atom stereocenters. The number of aromatic nitrogens is 2. The van der Waals surface area contributed by atoms with Crippen molar-refractivity contribution in [2.75, 3.05) is 25.1 Å². The highest BCUT2D eigenvalue weighted by molar-refractivity contribution is 6.00. The third-order valence-corrected chi connectivity index (χ3v) is 5.96. The van der Waals surface area contributed by atoms with Gasteiger partial charge in [-0.15, -0.1) is 12.4 Å². The molecule has 0 saturated carbocycles. The fourth-order valence-corrected chi connectivity index (χ4v) is 3.63. The van der Waals surface area contributed by atoms with Crippen molar-refractivity contribution in [3.05, 3.63) is 77.1 Å². The molecule has 200 valence electrons. The first-order valence-electron chi connectivity index (χ1n) is 11.6. The highest BCUT2D eigenvalue weighted by Gasteiger charge is 2.31. The van der Waals surface area contributed by atoms with E-state index < -0.39 is 23.7 Å². The molecule has 8 nitrogen and oxygen atoms in total. The fourth-order valence-electron chi connectivity index (χ4n) is 3.63. The van der Waals surface area contributed by atoms with Gasteiger partial charge in [0.15, 0.2) is 0 Å². The Bertz CT molecular complexity index is 1410. The lowest BCUT2D eigenvalue weighted by Crippen LogP contribution is -2.50. The number of carbonyl (C=O) groups excluding carboxylic acids is 2. The van der Waals surface area contributed by atoms with Gasteiger partial charge in [-0.1, -0.05) is 17.9 Å². The Morgan fingerprint density at radius 2 is 2.03 bits per heavy atom. The van der Waals surface area contributed by atoms with Gasteiger partial charge in [0.25, 0.3) is 5.91 Å². The number of rotatable bonds is 4. The molecule has 2 aromatic carbocycles. The number of halogens is 3. The van der Waals surface area contributed by atoms with Gasteiger partial charge >= 0.3 is 6.03 Å². The molecule has 3 aromatic rings. The lowest BCUT2D eigenvalue weighted by atomic mass is 9.94. The van der Waals surface area contributed by atoms with Crippen molar-refractivity contribution in [1.82, 2.24) is 15.1 Å². The standard InChI is InChI=1S/C27H27F2N5O3.ClH/c1-27(2,16-30)9-8-17-4-7-24-23(11-17)33(3)25(35)22(15-37-24)32-26(36)34-14-18(13-31-34)10-19-5-6-20(28)12-21(19)29;/h4-7,11-14,22H,10,15-16,30H2,1-3H3,(H,32,36);1H/t22-;/m0./s1. The van der Waals surface area contributed by atoms with Gasteiger partial charge in [0, 0.05) is 43.3 Å². The molecule has 1 atom stereocenters. The number of hydrogen-bond acceptors (Lipinski definition) is 5. The average molecular weight is 544 g/mol. The van der Waals surface area contributed by atoms with E-state index in [1.807, 2.05) is 13.8 Å². The third-order valence-electron chi connectivity index (χ3n) is 5.96. The van der Waals surface area contributed by atoms with Crippen LogP contribution in [0.5, 0.6) is 5.75 Å². The summed E-state index contributed by atoms with van der Waals surface area (Å²) in [5.74, 6) is 4.97. The number of hydrogen-bond donors (Lipinski definition) is 2. The molecule has 0 aliphatic carbocycles. The molecule has 1 aromatic heterocycles. The van der Waals surface area contributed by atoms with Crippen molar-refractivity contribution < 1.29 is 23.1 Å². The van der Waals surface area contributed by atoms with Crippen molar-refractivity contribution in [3.63, 3.8) is 0 Å². The first kappa shape index (κ1) is 28.6. The van der Waals surface area contributed by atoms with Crippen LogP contribution in [-0.2, 0) is 11.2 Å². The van der Waals surface area contributed by atoms with Crippen LogP contribution in [0.4, 0.5) is 19.3 Å². The van der Waals surface area contributed by atoms with Gasteiger partial charge in [-0.25, -0.2) is 13.6 Å². The molecule has 4 rings (SSSR count). The average Bonchev–Trinajstić information content (AvgIpc) is 3.31. The highest BCUT2D eigenvalue weighted by Crippen LogP contribution is 2.31. The first-order chi connectivity index (χ1) is 17.6. The number of nitrogens with two attached hydrogens (primary N) is 1. The van der Waals surface area contributed by atoms with Crippen LogP contribution in [0.2, 0.25) is 0 Å². The molecule has 1 aliphatic heterocycles. The van der Waals surface area contributed by atoms with E-state index in [0.29, 0.717) is 29.1 Å². The number of ether oxygens (including phenoxy) is 1. The summed E-state index contributed by atoms with van der Waals surface area (Å²) in [4.78, 5) is 27.4. The van der Waals surface area contributed by atoms with E-state index in [1.54, 1.807) is 25.2 Å². The Morgan fingerprint density at radius 1 is 1.26 bits per heavy atom. The molecule has 0 bridgehead atoms. The molecular formula is C27H28ClF2N5O3. The topological polar surface area (TPSA) is 102 Å². The van der Waals surface area contributed by atoms with Gasteiger partial charge in [0.05, 0.1) is 11.9 Å². The maximum atomic E-state index is 14.0. The summed E-state index contributed by atoms with van der Waals surface area (Å²) in [6, 6.07) is 6.97. The number of benzene rings is 2. The number of likely N-dealkylation sites (N-methyl/N-ethyl adjacent to an activating group) is 1. The van der Waals surface area contributed by atoms with Crippen molar-refractivity contribution >= 4 is 30.0 Å². The summed E-state index contributed by atoms with van der Waals surface area (Å²) in [7, 11) is 1.60. The van der Waals surface area contributed by atoms with Gasteiger partial charge in [0.2, 0.25) is 0 Å². The van der Waals surface area contributed by atoms with E-state index in [-0.39, 0.29) is 42.3 Å². The zero-order valence-electron chi connectivity index (χ0n) is 21.1. The summed E-state index contributed by atoms with van der Waals surface area (Å²) in [6.07, 6.45) is 2.95. The van der Waals surface area contributed by atoms with Crippen LogP contribution in [-0.4, -0.2) is 48.0 Å². The van der Waals surface area contributed by atoms with E-state index in [1.165, 1.54) is 23.4 Å². The van der Waals surface area contributed by atoms with Crippen LogP contribution in [0.3, 0.4) is 0 Å². The lowest BCUT2D eigenvalue weighted by molar-refractivity contribution is -0.120. The maximum absolute atomic E-state index is 14.0. The van der Waals surface area contributed by atoms with Gasteiger partial charge in [-0.05, 0) is 49.2 Å². The van der Waals surface area contributed by atoms with E-state index in [9.17, 15) is 18.4 Å². The van der Waals surface area contributed by atoms with Crippen LogP contribution in [0.15, 0.2) is 48.8 Å². The second-order valence-corrected chi connectivity index (χ2v) is 9.44. The number of anilines is 1.